The van der Waals surface area contributed by atoms with E-state index in [4.69, 9.17) is 5.73 Å². The Kier molecular flexibility index (Phi) is 2.74. The van der Waals surface area contributed by atoms with Crippen LogP contribution in [0.1, 0.15) is 5.56 Å². The van der Waals surface area contributed by atoms with Gasteiger partial charge in [-0.3, -0.25) is 0 Å². The van der Waals surface area contributed by atoms with Crippen molar-refractivity contribution in [1.82, 2.24) is 0 Å². The largest absolute Gasteiger partial charge is 0.326 e. The first kappa shape index (κ1) is 9.54. The summed E-state index contributed by atoms with van der Waals surface area (Å²) < 4.78 is 37.6. The monoisotopic (exact) mass is 239 g/mol. The maximum Gasteiger partial charge on any atom is 0.175 e. The Morgan fingerprint density at radius 2 is 1.83 bits per heavy atom. The average molecular weight is 240 g/mol. The van der Waals surface area contributed by atoms with Crippen LogP contribution in [-0.4, -0.2) is 0 Å². The zero-order valence-electron chi connectivity index (χ0n) is 5.87. The third-order valence-electron chi connectivity index (χ3n) is 1.40. The molecule has 0 aliphatic heterocycles. The summed E-state index contributed by atoms with van der Waals surface area (Å²) in [6.07, 6.45) is 0. The van der Waals surface area contributed by atoms with Gasteiger partial charge in [-0.2, -0.15) is 0 Å². The van der Waals surface area contributed by atoms with Crippen LogP contribution < -0.4 is 5.73 Å². The molecule has 0 fully saturated rings. The summed E-state index contributed by atoms with van der Waals surface area (Å²) >= 11 is 2.58. The fourth-order valence-corrected chi connectivity index (χ4v) is 1.21. The summed E-state index contributed by atoms with van der Waals surface area (Å²) in [6, 6.07) is 0.745. The molecule has 0 atom stereocenters. The second kappa shape index (κ2) is 3.45. The van der Waals surface area contributed by atoms with Gasteiger partial charge in [0.1, 0.15) is 5.82 Å². The predicted molar refractivity (Wildman–Crippen MR) is 41.9 cm³/mol. The molecule has 0 amide bonds. The number of hydrogen-bond acceptors (Lipinski definition) is 1. The lowest BCUT2D eigenvalue weighted by atomic mass is 10.2. The highest BCUT2D eigenvalue weighted by molar-refractivity contribution is 9.10. The van der Waals surface area contributed by atoms with E-state index >= 15 is 0 Å². The highest BCUT2D eigenvalue weighted by atomic mass is 79.9. The molecule has 0 saturated carbocycles. The van der Waals surface area contributed by atoms with E-state index in [9.17, 15) is 13.2 Å². The van der Waals surface area contributed by atoms with Crippen molar-refractivity contribution in [1.29, 1.82) is 0 Å². The van der Waals surface area contributed by atoms with Crippen molar-refractivity contribution in [2.45, 2.75) is 6.54 Å². The van der Waals surface area contributed by atoms with Crippen LogP contribution in [-0.2, 0) is 6.54 Å². The molecule has 12 heavy (non-hydrogen) atoms. The van der Waals surface area contributed by atoms with Crippen LogP contribution in [0.3, 0.4) is 0 Å². The minimum Gasteiger partial charge on any atom is -0.326 e. The summed E-state index contributed by atoms with van der Waals surface area (Å²) in [5.41, 5.74) is 5.03. The lowest BCUT2D eigenvalue weighted by Crippen LogP contribution is -2.03. The Morgan fingerprint density at radius 1 is 1.25 bits per heavy atom. The lowest BCUT2D eigenvalue weighted by molar-refractivity contribution is 0.483. The van der Waals surface area contributed by atoms with Gasteiger partial charge in [0.2, 0.25) is 0 Å². The van der Waals surface area contributed by atoms with E-state index in [0.29, 0.717) is 0 Å². The van der Waals surface area contributed by atoms with Crippen molar-refractivity contribution in [3.63, 3.8) is 0 Å². The fraction of sp³-hybridized carbons (Fsp3) is 0.143. The highest BCUT2D eigenvalue weighted by Crippen LogP contribution is 2.24. The van der Waals surface area contributed by atoms with Crippen molar-refractivity contribution >= 4 is 15.9 Å². The summed E-state index contributed by atoms with van der Waals surface area (Å²) in [4.78, 5) is 0. The minimum atomic E-state index is -1.23. The van der Waals surface area contributed by atoms with Crippen molar-refractivity contribution in [3.05, 3.63) is 33.6 Å². The van der Waals surface area contributed by atoms with Gasteiger partial charge < -0.3 is 5.73 Å². The minimum absolute atomic E-state index is 0.0548. The van der Waals surface area contributed by atoms with Crippen molar-refractivity contribution in [3.8, 4) is 0 Å². The molecule has 66 valence electrons. The molecule has 1 aromatic rings. The molecule has 0 unspecified atom stereocenters. The molecule has 0 saturated heterocycles. The smallest absolute Gasteiger partial charge is 0.175 e. The molecule has 2 N–H and O–H groups in total. The van der Waals surface area contributed by atoms with Gasteiger partial charge in [0, 0.05) is 12.1 Å². The van der Waals surface area contributed by atoms with E-state index in [2.05, 4.69) is 15.9 Å². The SMILES string of the molecule is NCc1cc(F)c(F)c(Br)c1F. The molecule has 1 nitrogen and oxygen atoms in total. The first-order valence-corrected chi connectivity index (χ1v) is 3.89. The maximum absolute atomic E-state index is 12.9. The summed E-state index contributed by atoms with van der Waals surface area (Å²) in [5, 5.41) is 0. The second-order valence-electron chi connectivity index (χ2n) is 2.16. The van der Waals surface area contributed by atoms with Gasteiger partial charge >= 0.3 is 0 Å². The molecule has 1 rings (SSSR count). The third kappa shape index (κ3) is 1.47. The normalized spacial score (nSPS) is 10.4. The molecule has 0 radical (unpaired) electrons. The fourth-order valence-electron chi connectivity index (χ4n) is 0.770. The van der Waals surface area contributed by atoms with Crippen LogP contribution in [0.15, 0.2) is 10.5 Å². The van der Waals surface area contributed by atoms with Crippen LogP contribution in [0, 0.1) is 17.5 Å². The van der Waals surface area contributed by atoms with Crippen LogP contribution >= 0.6 is 15.9 Å². The Bertz CT molecular complexity index is 314. The molecule has 0 heterocycles. The van der Waals surface area contributed by atoms with Gasteiger partial charge in [0.15, 0.2) is 11.6 Å². The van der Waals surface area contributed by atoms with E-state index in [-0.39, 0.29) is 12.1 Å². The Morgan fingerprint density at radius 3 is 2.33 bits per heavy atom. The molecular formula is C7H5BrF3N. The number of rotatable bonds is 1. The van der Waals surface area contributed by atoms with Crippen LogP contribution in [0.4, 0.5) is 13.2 Å². The van der Waals surface area contributed by atoms with E-state index in [1.165, 1.54) is 0 Å². The topological polar surface area (TPSA) is 26.0 Å². The van der Waals surface area contributed by atoms with Crippen LogP contribution in [0.25, 0.3) is 0 Å². The van der Waals surface area contributed by atoms with Gasteiger partial charge in [-0.05, 0) is 22.0 Å². The summed E-state index contributed by atoms with van der Waals surface area (Å²) in [5.74, 6) is -3.19. The zero-order valence-corrected chi connectivity index (χ0v) is 7.46. The van der Waals surface area contributed by atoms with Crippen LogP contribution in [0.2, 0.25) is 0 Å². The molecule has 5 heteroatoms. The third-order valence-corrected chi connectivity index (χ3v) is 2.09. The Balaban J connectivity index is 3.39. The summed E-state index contributed by atoms with van der Waals surface area (Å²) in [6.45, 7) is -0.165. The highest BCUT2D eigenvalue weighted by Gasteiger charge is 2.15. The molecule has 0 aromatic heterocycles. The number of halogens is 4. The maximum atomic E-state index is 12.9. The number of hydrogen-bond donors (Lipinski definition) is 1. The molecule has 0 bridgehead atoms. The quantitative estimate of drug-likeness (QED) is 0.591. The summed E-state index contributed by atoms with van der Waals surface area (Å²) in [7, 11) is 0. The standard InChI is InChI=1S/C7H5BrF3N/c8-5-6(10)3(2-12)1-4(9)7(5)11/h1H,2,12H2. The predicted octanol–water partition coefficient (Wildman–Crippen LogP) is 2.33. The number of benzene rings is 1. The second-order valence-corrected chi connectivity index (χ2v) is 2.96. The van der Waals surface area contributed by atoms with E-state index in [1.54, 1.807) is 0 Å². The Hall–Kier alpha value is -0.550. The molecule has 0 spiro atoms. The Labute approximate surface area is 75.5 Å². The van der Waals surface area contributed by atoms with Crippen LogP contribution in [0.5, 0.6) is 0 Å². The lowest BCUT2D eigenvalue weighted by Gasteiger charge is -2.03. The van der Waals surface area contributed by atoms with Gasteiger partial charge in [-0.1, -0.05) is 0 Å². The molecular weight excluding hydrogens is 235 g/mol. The average Bonchev–Trinajstić information content (AvgIpc) is 2.08. The van der Waals surface area contributed by atoms with Gasteiger partial charge in [0.25, 0.3) is 0 Å². The molecule has 0 aliphatic carbocycles. The molecule has 1 aromatic carbocycles. The molecule has 0 aliphatic rings. The van der Waals surface area contributed by atoms with Gasteiger partial charge in [-0.15, -0.1) is 0 Å². The first-order chi connectivity index (χ1) is 5.57. The van der Waals surface area contributed by atoms with E-state index in [1.807, 2.05) is 0 Å². The van der Waals surface area contributed by atoms with E-state index < -0.39 is 21.9 Å². The first-order valence-electron chi connectivity index (χ1n) is 3.10. The number of nitrogens with two attached hydrogens (primary N) is 1. The van der Waals surface area contributed by atoms with Crippen molar-refractivity contribution in [2.75, 3.05) is 0 Å². The zero-order chi connectivity index (χ0) is 9.30. The van der Waals surface area contributed by atoms with Crippen molar-refractivity contribution in [2.24, 2.45) is 5.73 Å². The van der Waals surface area contributed by atoms with Gasteiger partial charge in [0.05, 0.1) is 4.47 Å². The van der Waals surface area contributed by atoms with Crippen molar-refractivity contribution < 1.29 is 13.2 Å². The van der Waals surface area contributed by atoms with E-state index in [0.717, 1.165) is 6.07 Å². The van der Waals surface area contributed by atoms with Gasteiger partial charge in [-0.25, -0.2) is 13.2 Å².